The number of phenolic OH excluding ortho intramolecular Hbond substituents is 1. The lowest BCUT2D eigenvalue weighted by Crippen LogP contribution is -2.36. The standard InChI is InChI=1S/C23H25NO/c1-17-13-15-24(16-14-17)22(19-8-3-2-4-9-19)21-12-11-18-7-5-6-10-20(18)23(21)25/h2-12,17,22,25H,13-16H2,1H3/t22-/m0/s1. The number of aromatic hydroxyl groups is 1. The molecule has 0 spiro atoms. The van der Waals surface area contributed by atoms with E-state index in [-0.39, 0.29) is 6.04 Å². The molecule has 0 aromatic heterocycles. The van der Waals surface area contributed by atoms with Crippen molar-refractivity contribution in [3.8, 4) is 5.75 Å². The van der Waals surface area contributed by atoms with Crippen molar-refractivity contribution in [3.05, 3.63) is 77.9 Å². The van der Waals surface area contributed by atoms with E-state index in [4.69, 9.17) is 0 Å². The van der Waals surface area contributed by atoms with Crippen LogP contribution in [0.5, 0.6) is 5.75 Å². The minimum Gasteiger partial charge on any atom is -0.507 e. The van der Waals surface area contributed by atoms with E-state index in [9.17, 15) is 5.11 Å². The van der Waals surface area contributed by atoms with Gasteiger partial charge in [0.1, 0.15) is 5.75 Å². The van der Waals surface area contributed by atoms with Crippen LogP contribution in [0.15, 0.2) is 66.7 Å². The van der Waals surface area contributed by atoms with Gasteiger partial charge in [0.05, 0.1) is 6.04 Å². The van der Waals surface area contributed by atoms with Crippen molar-refractivity contribution in [1.29, 1.82) is 0 Å². The highest BCUT2D eigenvalue weighted by Crippen LogP contribution is 2.39. The molecule has 2 nitrogen and oxygen atoms in total. The van der Waals surface area contributed by atoms with Crippen molar-refractivity contribution in [1.82, 2.24) is 4.90 Å². The lowest BCUT2D eigenvalue weighted by molar-refractivity contribution is 0.156. The summed E-state index contributed by atoms with van der Waals surface area (Å²) in [6.45, 7) is 4.49. The van der Waals surface area contributed by atoms with Crippen molar-refractivity contribution in [2.45, 2.75) is 25.8 Å². The first-order valence-electron chi connectivity index (χ1n) is 9.23. The number of phenols is 1. The molecule has 128 valence electrons. The fraction of sp³-hybridized carbons (Fsp3) is 0.304. The van der Waals surface area contributed by atoms with Gasteiger partial charge in [-0.05, 0) is 42.8 Å². The summed E-state index contributed by atoms with van der Waals surface area (Å²) in [5.41, 5.74) is 2.27. The van der Waals surface area contributed by atoms with E-state index in [1.807, 2.05) is 18.2 Å². The second-order valence-electron chi connectivity index (χ2n) is 7.26. The number of benzene rings is 3. The van der Waals surface area contributed by atoms with E-state index in [1.165, 1.54) is 18.4 Å². The molecular weight excluding hydrogens is 306 g/mol. The maximum absolute atomic E-state index is 11.0. The third-order valence-corrected chi connectivity index (χ3v) is 5.53. The molecule has 1 aliphatic heterocycles. The Labute approximate surface area is 149 Å². The monoisotopic (exact) mass is 331 g/mol. The summed E-state index contributed by atoms with van der Waals surface area (Å²) in [5, 5.41) is 13.1. The van der Waals surface area contributed by atoms with Gasteiger partial charge >= 0.3 is 0 Å². The molecular formula is C23H25NO. The molecule has 2 heteroatoms. The van der Waals surface area contributed by atoms with Crippen LogP contribution in [0.4, 0.5) is 0 Å². The minimum atomic E-state index is 0.110. The van der Waals surface area contributed by atoms with Gasteiger partial charge in [-0.25, -0.2) is 0 Å². The Morgan fingerprint density at radius 3 is 2.32 bits per heavy atom. The Hall–Kier alpha value is -2.32. The molecule has 1 heterocycles. The maximum atomic E-state index is 11.0. The number of piperidine rings is 1. The number of hydrogen-bond donors (Lipinski definition) is 1. The first-order chi connectivity index (χ1) is 12.2. The van der Waals surface area contributed by atoms with Gasteiger partial charge in [0.25, 0.3) is 0 Å². The average molecular weight is 331 g/mol. The zero-order chi connectivity index (χ0) is 17.2. The predicted octanol–water partition coefficient (Wildman–Crippen LogP) is 5.37. The van der Waals surface area contributed by atoms with Crippen molar-refractivity contribution < 1.29 is 5.11 Å². The van der Waals surface area contributed by atoms with Gasteiger partial charge in [-0.3, -0.25) is 4.90 Å². The predicted molar refractivity (Wildman–Crippen MR) is 104 cm³/mol. The summed E-state index contributed by atoms with van der Waals surface area (Å²) in [6, 6.07) is 23.0. The van der Waals surface area contributed by atoms with Crippen LogP contribution in [0.25, 0.3) is 10.8 Å². The van der Waals surface area contributed by atoms with Crippen LogP contribution in [0.2, 0.25) is 0 Å². The molecule has 1 atom stereocenters. The van der Waals surface area contributed by atoms with Crippen LogP contribution >= 0.6 is 0 Å². The summed E-state index contributed by atoms with van der Waals surface area (Å²) >= 11 is 0. The topological polar surface area (TPSA) is 23.5 Å². The third kappa shape index (κ3) is 3.14. The number of fused-ring (bicyclic) bond motifs is 1. The Kier molecular flexibility index (Phi) is 4.46. The molecule has 1 fully saturated rings. The van der Waals surface area contributed by atoms with E-state index < -0.39 is 0 Å². The van der Waals surface area contributed by atoms with E-state index in [1.54, 1.807) is 0 Å². The van der Waals surface area contributed by atoms with E-state index >= 15 is 0 Å². The lowest BCUT2D eigenvalue weighted by atomic mass is 9.90. The summed E-state index contributed by atoms with van der Waals surface area (Å²) < 4.78 is 0. The van der Waals surface area contributed by atoms with Crippen LogP contribution in [0, 0.1) is 5.92 Å². The van der Waals surface area contributed by atoms with Crippen molar-refractivity contribution in [2.75, 3.05) is 13.1 Å². The molecule has 0 radical (unpaired) electrons. The van der Waals surface area contributed by atoms with E-state index in [2.05, 4.69) is 60.4 Å². The SMILES string of the molecule is CC1CCN([C@@H](c2ccccc2)c2ccc3ccccc3c2O)CC1. The number of rotatable bonds is 3. The molecule has 3 aromatic carbocycles. The quantitative estimate of drug-likeness (QED) is 0.698. The van der Waals surface area contributed by atoms with Gasteiger partial charge < -0.3 is 5.11 Å². The zero-order valence-corrected chi connectivity index (χ0v) is 14.7. The number of nitrogens with zero attached hydrogens (tertiary/aromatic N) is 1. The molecule has 0 bridgehead atoms. The molecule has 1 aliphatic rings. The Morgan fingerprint density at radius 2 is 1.56 bits per heavy atom. The highest BCUT2D eigenvalue weighted by molar-refractivity contribution is 5.89. The largest absolute Gasteiger partial charge is 0.507 e. The van der Waals surface area contributed by atoms with Gasteiger partial charge in [-0.2, -0.15) is 0 Å². The molecule has 1 saturated heterocycles. The molecule has 0 aliphatic carbocycles. The Bertz CT molecular complexity index is 850. The smallest absolute Gasteiger partial charge is 0.128 e. The van der Waals surface area contributed by atoms with Crippen LogP contribution in [0.1, 0.15) is 36.9 Å². The van der Waals surface area contributed by atoms with Crippen molar-refractivity contribution >= 4 is 10.8 Å². The Balaban J connectivity index is 1.82. The van der Waals surface area contributed by atoms with Crippen LogP contribution in [0.3, 0.4) is 0 Å². The molecule has 0 unspecified atom stereocenters. The minimum absolute atomic E-state index is 0.110. The first kappa shape index (κ1) is 16.2. The highest BCUT2D eigenvalue weighted by atomic mass is 16.3. The third-order valence-electron chi connectivity index (χ3n) is 5.53. The summed E-state index contributed by atoms with van der Waals surface area (Å²) in [6.07, 6.45) is 2.44. The van der Waals surface area contributed by atoms with Gasteiger partial charge in [-0.1, -0.05) is 73.7 Å². The Morgan fingerprint density at radius 1 is 0.880 bits per heavy atom. The number of hydrogen-bond acceptors (Lipinski definition) is 2. The van der Waals surface area contributed by atoms with Crippen LogP contribution < -0.4 is 0 Å². The normalized spacial score (nSPS) is 17.6. The average Bonchev–Trinajstić information content (AvgIpc) is 2.66. The van der Waals surface area contributed by atoms with Crippen molar-refractivity contribution in [2.24, 2.45) is 5.92 Å². The molecule has 4 rings (SSSR count). The molecule has 25 heavy (non-hydrogen) atoms. The fourth-order valence-electron chi connectivity index (χ4n) is 4.00. The van der Waals surface area contributed by atoms with E-state index in [0.717, 1.165) is 35.3 Å². The molecule has 0 amide bonds. The summed E-state index contributed by atoms with van der Waals surface area (Å²) in [4.78, 5) is 2.53. The molecule has 3 aromatic rings. The second-order valence-corrected chi connectivity index (χ2v) is 7.26. The van der Waals surface area contributed by atoms with Crippen LogP contribution in [-0.4, -0.2) is 23.1 Å². The molecule has 0 saturated carbocycles. The highest BCUT2D eigenvalue weighted by Gasteiger charge is 2.28. The maximum Gasteiger partial charge on any atom is 0.128 e. The lowest BCUT2D eigenvalue weighted by Gasteiger charge is -2.37. The molecule has 1 N–H and O–H groups in total. The van der Waals surface area contributed by atoms with Crippen LogP contribution in [-0.2, 0) is 0 Å². The summed E-state index contributed by atoms with van der Waals surface area (Å²) in [7, 11) is 0. The number of likely N-dealkylation sites (tertiary alicyclic amines) is 1. The van der Waals surface area contributed by atoms with Gasteiger partial charge in [-0.15, -0.1) is 0 Å². The van der Waals surface area contributed by atoms with Gasteiger partial charge in [0.15, 0.2) is 0 Å². The fourth-order valence-corrected chi connectivity index (χ4v) is 4.00. The van der Waals surface area contributed by atoms with Gasteiger partial charge in [0.2, 0.25) is 0 Å². The first-order valence-corrected chi connectivity index (χ1v) is 9.23. The van der Waals surface area contributed by atoms with Crippen molar-refractivity contribution in [3.63, 3.8) is 0 Å². The van der Waals surface area contributed by atoms with E-state index in [0.29, 0.717) is 5.75 Å². The second kappa shape index (κ2) is 6.89. The summed E-state index contributed by atoms with van der Waals surface area (Å²) in [5.74, 6) is 1.21. The van der Waals surface area contributed by atoms with Gasteiger partial charge in [0, 0.05) is 10.9 Å². The zero-order valence-electron chi connectivity index (χ0n) is 14.7.